The number of rotatable bonds is 7. The molecule has 2 amide bonds. The van der Waals surface area contributed by atoms with Gasteiger partial charge in [-0.3, -0.25) is 4.79 Å². The van der Waals surface area contributed by atoms with Gasteiger partial charge in [-0.1, -0.05) is 18.5 Å². The van der Waals surface area contributed by atoms with Crippen LogP contribution in [0.5, 0.6) is 0 Å². The Bertz CT molecular complexity index is 1170. The van der Waals surface area contributed by atoms with Crippen molar-refractivity contribution in [2.75, 3.05) is 13.2 Å². The fourth-order valence-electron chi connectivity index (χ4n) is 3.31. The van der Waals surface area contributed by atoms with E-state index in [1.165, 1.54) is 10.7 Å². The number of esters is 2. The van der Waals surface area contributed by atoms with E-state index in [4.69, 9.17) is 21.1 Å². The molecule has 0 fully saturated rings. The largest absolute Gasteiger partial charge is 0.463 e. The van der Waals surface area contributed by atoms with Gasteiger partial charge in [0.05, 0.1) is 29.6 Å². The maximum absolute atomic E-state index is 12.7. The summed E-state index contributed by atoms with van der Waals surface area (Å²) < 4.78 is 11.7. The van der Waals surface area contributed by atoms with E-state index in [-0.39, 0.29) is 17.9 Å². The molecular formula is C22H23ClN4O6. The first-order chi connectivity index (χ1) is 15.7. The van der Waals surface area contributed by atoms with Gasteiger partial charge in [0.2, 0.25) is 11.1 Å². The summed E-state index contributed by atoms with van der Waals surface area (Å²) in [5.74, 6) is -1.64. The Morgan fingerprint density at radius 1 is 1.12 bits per heavy atom. The highest BCUT2D eigenvalue weighted by Crippen LogP contribution is 2.18. The quantitative estimate of drug-likeness (QED) is 0.589. The predicted molar refractivity (Wildman–Crippen MR) is 119 cm³/mol. The second-order valence-corrected chi connectivity index (χ2v) is 7.57. The summed E-state index contributed by atoms with van der Waals surface area (Å²) in [7, 11) is 0. The average Bonchev–Trinajstić information content (AvgIpc) is 2.78. The Morgan fingerprint density at radius 3 is 2.45 bits per heavy atom. The van der Waals surface area contributed by atoms with Gasteiger partial charge in [-0.15, -0.1) is 0 Å². The summed E-state index contributed by atoms with van der Waals surface area (Å²) in [6.07, 6.45) is 0.421. The zero-order chi connectivity index (χ0) is 24.1. The normalized spacial score (nSPS) is 15.5. The molecule has 0 unspecified atom stereocenters. The molecule has 1 aliphatic heterocycles. The number of benzene rings is 1. The molecule has 174 valence electrons. The monoisotopic (exact) mass is 474 g/mol. The number of nitrogens with one attached hydrogen (secondary N) is 2. The summed E-state index contributed by atoms with van der Waals surface area (Å²) in [5, 5.41) is 9.77. The second kappa shape index (κ2) is 10.3. The summed E-state index contributed by atoms with van der Waals surface area (Å²) in [6, 6.07) is 6.80. The average molecular weight is 475 g/mol. The minimum absolute atomic E-state index is 0.0857. The second-order valence-electron chi connectivity index (χ2n) is 7.13. The third-order valence-electron chi connectivity index (χ3n) is 4.87. The van der Waals surface area contributed by atoms with E-state index in [9.17, 15) is 19.2 Å². The third-order valence-corrected chi connectivity index (χ3v) is 5.12. The van der Waals surface area contributed by atoms with Crippen LogP contribution in [0.15, 0.2) is 46.4 Å². The van der Waals surface area contributed by atoms with Crippen molar-refractivity contribution in [3.63, 3.8) is 0 Å². The molecule has 1 aliphatic rings. The van der Waals surface area contributed by atoms with Crippen LogP contribution in [0, 0.1) is 6.92 Å². The number of carbonyl (C=O) groups excluding carboxylic acids is 3. The van der Waals surface area contributed by atoms with E-state index < -0.39 is 41.7 Å². The van der Waals surface area contributed by atoms with E-state index in [0.29, 0.717) is 22.8 Å². The molecule has 1 aromatic carbocycles. The van der Waals surface area contributed by atoms with Crippen LogP contribution < -0.4 is 16.1 Å². The Balaban J connectivity index is 1.89. The number of aromatic nitrogens is 2. The third kappa shape index (κ3) is 5.40. The molecular weight excluding hydrogens is 452 g/mol. The van der Waals surface area contributed by atoms with Gasteiger partial charge >= 0.3 is 18.0 Å². The molecule has 10 nitrogen and oxygen atoms in total. The number of nitrogens with zero attached hydrogens (tertiary/aromatic N) is 2. The van der Waals surface area contributed by atoms with Crippen LogP contribution in [0.1, 0.15) is 36.5 Å². The van der Waals surface area contributed by atoms with Crippen molar-refractivity contribution in [1.82, 2.24) is 20.4 Å². The van der Waals surface area contributed by atoms with Gasteiger partial charge in [0.15, 0.2) is 0 Å². The molecule has 1 atom stereocenters. The smallest absolute Gasteiger partial charge is 0.363 e. The highest BCUT2D eigenvalue weighted by Gasteiger charge is 2.32. The lowest BCUT2D eigenvalue weighted by molar-refractivity contribution is -0.139. The van der Waals surface area contributed by atoms with Gasteiger partial charge < -0.3 is 20.1 Å². The molecule has 0 radical (unpaired) electrons. The lowest BCUT2D eigenvalue weighted by Crippen LogP contribution is -2.51. The van der Waals surface area contributed by atoms with Crippen molar-refractivity contribution in [1.29, 1.82) is 0 Å². The van der Waals surface area contributed by atoms with Gasteiger partial charge in [-0.2, -0.15) is 5.10 Å². The number of ether oxygens (including phenoxy) is 2. The first-order valence-corrected chi connectivity index (χ1v) is 10.6. The number of hydrogen-bond donors (Lipinski definition) is 2. The molecule has 33 heavy (non-hydrogen) atoms. The topological polar surface area (TPSA) is 129 Å². The molecule has 0 saturated heterocycles. The fourth-order valence-corrected chi connectivity index (χ4v) is 3.44. The Morgan fingerprint density at radius 2 is 1.82 bits per heavy atom. The number of halogens is 1. The summed E-state index contributed by atoms with van der Waals surface area (Å²) >= 11 is 5.92. The molecule has 2 aromatic rings. The van der Waals surface area contributed by atoms with Gasteiger partial charge in [0, 0.05) is 16.8 Å². The molecule has 1 aromatic heterocycles. The van der Waals surface area contributed by atoms with Crippen LogP contribution in [0.4, 0.5) is 4.79 Å². The van der Waals surface area contributed by atoms with Crippen LogP contribution in [0.25, 0.3) is 5.69 Å². The number of carbonyl (C=O) groups is 3. The summed E-state index contributed by atoms with van der Waals surface area (Å²) in [4.78, 5) is 49.5. The van der Waals surface area contributed by atoms with Crippen molar-refractivity contribution >= 4 is 29.6 Å². The van der Waals surface area contributed by atoms with Gasteiger partial charge in [0.25, 0.3) is 0 Å². The number of hydrogen-bond acceptors (Lipinski definition) is 7. The summed E-state index contributed by atoms with van der Waals surface area (Å²) in [5.41, 5.74) is 0.270. The lowest BCUT2D eigenvalue weighted by atomic mass is 10.0. The van der Waals surface area contributed by atoms with Crippen LogP contribution in [-0.2, 0) is 14.3 Å². The SMILES string of the molecule is CCOC(=O)C1=C(COC(=O)c2nn(-c3ccc(Cl)cc3)c(C)cc2=O)NC(=O)N[C@H]1CC. The molecule has 0 saturated carbocycles. The molecule has 3 rings (SSSR count). The number of aryl methyl sites for hydroxylation is 1. The molecule has 0 spiro atoms. The Labute approximate surface area is 194 Å². The minimum Gasteiger partial charge on any atom is -0.463 e. The highest BCUT2D eigenvalue weighted by molar-refractivity contribution is 6.30. The van der Waals surface area contributed by atoms with Crippen LogP contribution >= 0.6 is 11.6 Å². The maximum atomic E-state index is 12.7. The van der Waals surface area contributed by atoms with Gasteiger partial charge in [0.1, 0.15) is 6.61 Å². The molecule has 0 aliphatic carbocycles. The van der Waals surface area contributed by atoms with Crippen molar-refractivity contribution < 1.29 is 23.9 Å². The first-order valence-electron chi connectivity index (χ1n) is 10.3. The van der Waals surface area contributed by atoms with Crippen LogP contribution in [0.3, 0.4) is 0 Å². The van der Waals surface area contributed by atoms with Crippen LogP contribution in [-0.4, -0.2) is 47.0 Å². The van der Waals surface area contributed by atoms with E-state index in [1.807, 2.05) is 0 Å². The van der Waals surface area contributed by atoms with Gasteiger partial charge in [-0.25, -0.2) is 19.1 Å². The van der Waals surface area contributed by atoms with E-state index >= 15 is 0 Å². The zero-order valence-electron chi connectivity index (χ0n) is 18.3. The predicted octanol–water partition coefficient (Wildman–Crippen LogP) is 2.26. The summed E-state index contributed by atoms with van der Waals surface area (Å²) in [6.45, 7) is 4.80. The molecule has 11 heteroatoms. The van der Waals surface area contributed by atoms with Crippen LogP contribution in [0.2, 0.25) is 5.02 Å². The fraction of sp³-hybridized carbons (Fsp3) is 0.318. The maximum Gasteiger partial charge on any atom is 0.363 e. The van der Waals surface area contributed by atoms with E-state index in [1.54, 1.807) is 45.0 Å². The Hall–Kier alpha value is -3.66. The highest BCUT2D eigenvalue weighted by atomic mass is 35.5. The Kier molecular flexibility index (Phi) is 7.49. The van der Waals surface area contributed by atoms with Crippen molar-refractivity contribution in [3.05, 3.63) is 68.2 Å². The van der Waals surface area contributed by atoms with Gasteiger partial charge in [-0.05, 0) is 44.5 Å². The number of urea groups is 1. The minimum atomic E-state index is -1.00. The van der Waals surface area contributed by atoms with Crippen molar-refractivity contribution in [2.45, 2.75) is 33.2 Å². The van der Waals surface area contributed by atoms with Crippen molar-refractivity contribution in [2.24, 2.45) is 0 Å². The molecule has 0 bridgehead atoms. The molecule has 2 heterocycles. The van der Waals surface area contributed by atoms with E-state index in [0.717, 1.165) is 0 Å². The number of amides is 2. The zero-order valence-corrected chi connectivity index (χ0v) is 19.1. The lowest BCUT2D eigenvalue weighted by Gasteiger charge is -2.28. The van der Waals surface area contributed by atoms with E-state index in [2.05, 4.69) is 15.7 Å². The molecule has 2 N–H and O–H groups in total. The van der Waals surface area contributed by atoms with Crippen molar-refractivity contribution in [3.8, 4) is 5.69 Å². The first kappa shape index (κ1) is 24.0. The standard InChI is InChI=1S/C22H23ClN4O6/c1-4-15-18(20(29)32-5-2)16(25-22(31)24-15)11-33-21(30)19-17(28)10-12(3)27(26-19)14-8-6-13(23)7-9-14/h6-10,15H,4-5,11H2,1-3H3,(H2,24,25,31)/t15-/m0/s1.